The van der Waals surface area contributed by atoms with Crippen LogP contribution >= 0.6 is 15.9 Å². The van der Waals surface area contributed by atoms with Gasteiger partial charge in [-0.2, -0.15) is 0 Å². The first-order valence-electron chi connectivity index (χ1n) is 6.52. The van der Waals surface area contributed by atoms with Gasteiger partial charge in [-0.25, -0.2) is 0 Å². The fraction of sp³-hybridized carbons (Fsp3) is 0.500. The summed E-state index contributed by atoms with van der Waals surface area (Å²) in [6.45, 7) is 0.0945. The quantitative estimate of drug-likeness (QED) is 0.798. The van der Waals surface area contributed by atoms with Crippen LogP contribution in [0.25, 0.3) is 0 Å². The zero-order chi connectivity index (χ0) is 13.8. The van der Waals surface area contributed by atoms with Gasteiger partial charge in [0, 0.05) is 23.0 Å². The Hall–Kier alpha value is -1.07. The first-order chi connectivity index (χ1) is 9.11. The number of hydrogen-bond donors (Lipinski definition) is 3. The van der Waals surface area contributed by atoms with Crippen molar-refractivity contribution in [3.8, 4) is 5.75 Å². The number of rotatable bonds is 3. The number of hydrogen-bond acceptors (Lipinski definition) is 3. The summed E-state index contributed by atoms with van der Waals surface area (Å²) in [6.07, 6.45) is 3.98. The number of benzene rings is 1. The summed E-state index contributed by atoms with van der Waals surface area (Å²) in [6, 6.07) is 4.80. The highest BCUT2D eigenvalue weighted by Gasteiger charge is 2.26. The summed E-state index contributed by atoms with van der Waals surface area (Å²) < 4.78 is 0.729. The maximum atomic E-state index is 12.1. The summed E-state index contributed by atoms with van der Waals surface area (Å²) in [5.41, 5.74) is 0.269. The molecule has 2 unspecified atom stereocenters. The van der Waals surface area contributed by atoms with Crippen LogP contribution < -0.4 is 5.32 Å². The first-order valence-corrected chi connectivity index (χ1v) is 7.31. The van der Waals surface area contributed by atoms with E-state index in [1.807, 2.05) is 0 Å². The largest absolute Gasteiger partial charge is 0.507 e. The molecular weight excluding hydrogens is 310 g/mol. The molecule has 1 aliphatic carbocycles. The molecule has 0 spiro atoms. The van der Waals surface area contributed by atoms with Crippen LogP contribution in [-0.4, -0.2) is 28.8 Å². The number of aromatic hydroxyl groups is 1. The molecular formula is C14H18BrNO3. The fourth-order valence-corrected chi connectivity index (χ4v) is 2.91. The minimum atomic E-state index is -0.282. The second-order valence-corrected chi connectivity index (χ2v) is 5.88. The lowest BCUT2D eigenvalue weighted by atomic mass is 9.85. The third-order valence-electron chi connectivity index (χ3n) is 3.66. The predicted octanol–water partition coefficient (Wildman–Crippen LogP) is 2.44. The average molecular weight is 328 g/mol. The predicted molar refractivity (Wildman–Crippen MR) is 76.1 cm³/mol. The van der Waals surface area contributed by atoms with Crippen molar-refractivity contribution in [3.05, 3.63) is 28.2 Å². The number of halogens is 1. The molecule has 0 aliphatic heterocycles. The van der Waals surface area contributed by atoms with E-state index in [1.54, 1.807) is 12.1 Å². The lowest BCUT2D eigenvalue weighted by Crippen LogP contribution is -2.43. The molecule has 19 heavy (non-hydrogen) atoms. The maximum absolute atomic E-state index is 12.1. The van der Waals surface area contributed by atoms with Gasteiger partial charge in [-0.15, -0.1) is 0 Å². The van der Waals surface area contributed by atoms with Gasteiger partial charge in [-0.1, -0.05) is 28.8 Å². The van der Waals surface area contributed by atoms with Crippen molar-refractivity contribution < 1.29 is 15.0 Å². The van der Waals surface area contributed by atoms with E-state index in [-0.39, 0.29) is 35.8 Å². The maximum Gasteiger partial charge on any atom is 0.255 e. The average Bonchev–Trinajstić information content (AvgIpc) is 2.39. The van der Waals surface area contributed by atoms with Gasteiger partial charge in [0.15, 0.2) is 0 Å². The van der Waals surface area contributed by atoms with Crippen LogP contribution in [-0.2, 0) is 0 Å². The van der Waals surface area contributed by atoms with Gasteiger partial charge < -0.3 is 15.5 Å². The molecule has 1 amide bonds. The van der Waals surface area contributed by atoms with Crippen LogP contribution in [0.3, 0.4) is 0 Å². The molecule has 0 heterocycles. The molecule has 2 rings (SSSR count). The van der Waals surface area contributed by atoms with E-state index in [4.69, 9.17) is 0 Å². The summed E-state index contributed by atoms with van der Waals surface area (Å²) in [7, 11) is 0. The fourth-order valence-electron chi connectivity index (χ4n) is 2.56. The third kappa shape index (κ3) is 3.48. The van der Waals surface area contributed by atoms with Crippen molar-refractivity contribution in [2.45, 2.75) is 31.7 Å². The lowest BCUT2D eigenvalue weighted by Gasteiger charge is -2.30. The van der Waals surface area contributed by atoms with Crippen LogP contribution in [0.2, 0.25) is 0 Å². The van der Waals surface area contributed by atoms with Crippen molar-refractivity contribution in [2.24, 2.45) is 5.92 Å². The number of nitrogens with one attached hydrogen (secondary N) is 1. The molecule has 0 bridgehead atoms. The molecule has 0 saturated heterocycles. The molecule has 1 fully saturated rings. The molecule has 0 radical (unpaired) electrons. The number of aliphatic hydroxyl groups is 1. The van der Waals surface area contributed by atoms with Crippen LogP contribution in [0.5, 0.6) is 5.75 Å². The monoisotopic (exact) mass is 327 g/mol. The number of amides is 1. The highest BCUT2D eigenvalue weighted by Crippen LogP contribution is 2.26. The summed E-state index contributed by atoms with van der Waals surface area (Å²) in [4.78, 5) is 12.1. The molecule has 1 saturated carbocycles. The van der Waals surface area contributed by atoms with Crippen LogP contribution in [0, 0.1) is 5.92 Å². The number of carbonyl (C=O) groups excluding carboxylic acids is 1. The van der Waals surface area contributed by atoms with Gasteiger partial charge in [0.1, 0.15) is 5.75 Å². The van der Waals surface area contributed by atoms with Gasteiger partial charge in [0.25, 0.3) is 5.91 Å². The van der Waals surface area contributed by atoms with Crippen molar-refractivity contribution >= 4 is 21.8 Å². The van der Waals surface area contributed by atoms with E-state index in [2.05, 4.69) is 21.2 Å². The van der Waals surface area contributed by atoms with E-state index >= 15 is 0 Å². The number of carbonyl (C=O) groups is 1. The molecule has 1 aromatic rings. The van der Waals surface area contributed by atoms with Crippen molar-refractivity contribution in [1.29, 1.82) is 0 Å². The Balaban J connectivity index is 2.07. The molecule has 0 aromatic heterocycles. The summed E-state index contributed by atoms with van der Waals surface area (Å²) >= 11 is 3.24. The summed E-state index contributed by atoms with van der Waals surface area (Å²) in [5.74, 6) is -0.200. The van der Waals surface area contributed by atoms with E-state index < -0.39 is 0 Å². The molecule has 1 aliphatic rings. The van der Waals surface area contributed by atoms with Gasteiger partial charge in [-0.3, -0.25) is 4.79 Å². The Morgan fingerprint density at radius 2 is 2.11 bits per heavy atom. The van der Waals surface area contributed by atoms with Crippen LogP contribution in [0.4, 0.5) is 0 Å². The molecule has 3 N–H and O–H groups in total. The van der Waals surface area contributed by atoms with Gasteiger partial charge in [-0.05, 0) is 31.0 Å². The number of aliphatic hydroxyl groups excluding tert-OH is 1. The van der Waals surface area contributed by atoms with E-state index in [0.717, 1.165) is 30.2 Å². The second-order valence-electron chi connectivity index (χ2n) is 4.97. The van der Waals surface area contributed by atoms with Gasteiger partial charge in [0.2, 0.25) is 0 Å². The molecule has 2 atom stereocenters. The standard InChI is InChI=1S/C14H18BrNO3/c15-10-5-6-11(13(18)7-10)14(19)16-12-4-2-1-3-9(12)8-17/h5-7,9,12,17-18H,1-4,8H2,(H,16,19). The van der Waals surface area contributed by atoms with Crippen LogP contribution in [0.15, 0.2) is 22.7 Å². The summed E-state index contributed by atoms with van der Waals surface area (Å²) in [5, 5.41) is 22.0. The third-order valence-corrected chi connectivity index (χ3v) is 4.16. The highest BCUT2D eigenvalue weighted by atomic mass is 79.9. The Morgan fingerprint density at radius 3 is 2.79 bits per heavy atom. The number of phenolic OH excluding ortho intramolecular Hbond substituents is 1. The molecule has 4 nitrogen and oxygen atoms in total. The van der Waals surface area contributed by atoms with Gasteiger partial charge in [0.05, 0.1) is 5.56 Å². The second kappa shape index (κ2) is 6.39. The zero-order valence-electron chi connectivity index (χ0n) is 10.6. The molecule has 5 heteroatoms. The van der Waals surface area contributed by atoms with Crippen LogP contribution in [0.1, 0.15) is 36.0 Å². The lowest BCUT2D eigenvalue weighted by molar-refractivity contribution is 0.0870. The van der Waals surface area contributed by atoms with Crippen molar-refractivity contribution in [2.75, 3.05) is 6.61 Å². The van der Waals surface area contributed by atoms with Crippen molar-refractivity contribution in [1.82, 2.24) is 5.32 Å². The Kier molecular flexibility index (Phi) is 4.82. The number of phenols is 1. The van der Waals surface area contributed by atoms with E-state index in [1.165, 1.54) is 6.07 Å². The highest BCUT2D eigenvalue weighted by molar-refractivity contribution is 9.10. The topological polar surface area (TPSA) is 69.6 Å². The minimum absolute atomic E-state index is 0.00528. The van der Waals surface area contributed by atoms with E-state index in [9.17, 15) is 15.0 Å². The zero-order valence-corrected chi connectivity index (χ0v) is 12.2. The van der Waals surface area contributed by atoms with E-state index in [0.29, 0.717) is 0 Å². The Morgan fingerprint density at radius 1 is 1.37 bits per heavy atom. The van der Waals surface area contributed by atoms with Crippen molar-refractivity contribution in [3.63, 3.8) is 0 Å². The minimum Gasteiger partial charge on any atom is -0.507 e. The first kappa shape index (κ1) is 14.3. The Bertz CT molecular complexity index is 464. The molecule has 1 aromatic carbocycles. The smallest absolute Gasteiger partial charge is 0.255 e. The normalized spacial score (nSPS) is 23.1. The SMILES string of the molecule is O=C(NC1CCCCC1CO)c1ccc(Br)cc1O. The van der Waals surface area contributed by atoms with Gasteiger partial charge >= 0.3 is 0 Å². The molecule has 104 valence electrons. The Labute approximate surface area is 121 Å².